The predicted molar refractivity (Wildman–Crippen MR) is 95.3 cm³/mol. The van der Waals surface area contributed by atoms with E-state index in [1.54, 1.807) is 36.4 Å². The highest BCUT2D eigenvalue weighted by Gasteiger charge is 2.48. The summed E-state index contributed by atoms with van der Waals surface area (Å²) in [5.74, 6) is -1.54. The summed E-state index contributed by atoms with van der Waals surface area (Å²) in [6, 6.07) is 16.0. The molecule has 5 atom stereocenters. The third-order valence-electron chi connectivity index (χ3n) is 4.32. The minimum absolute atomic E-state index is 0.212. The van der Waals surface area contributed by atoms with Gasteiger partial charge in [0.2, 0.25) is 0 Å². The van der Waals surface area contributed by atoms with Gasteiger partial charge in [-0.15, -0.1) is 0 Å². The molecular weight excluding hydrogens is 368 g/mol. The molecule has 0 aliphatic carbocycles. The molecule has 3 rings (SSSR count). The van der Waals surface area contributed by atoms with Crippen molar-refractivity contribution in [1.82, 2.24) is 0 Å². The van der Waals surface area contributed by atoms with E-state index in [0.717, 1.165) is 0 Å². The van der Waals surface area contributed by atoms with Crippen molar-refractivity contribution < 1.29 is 39.1 Å². The topological polar surface area (TPSA) is 123 Å². The number of benzene rings is 2. The van der Waals surface area contributed by atoms with Crippen LogP contribution in [0, 0.1) is 0 Å². The normalized spacial score (nSPS) is 27.0. The van der Waals surface area contributed by atoms with Gasteiger partial charge in [0.25, 0.3) is 0 Å². The number of carbonyl (C=O) groups is 2. The zero-order chi connectivity index (χ0) is 20.1. The molecule has 1 aliphatic rings. The molecule has 0 saturated carbocycles. The number of aliphatic hydroxyl groups is 3. The Morgan fingerprint density at radius 1 is 0.821 bits per heavy atom. The Bertz CT molecular complexity index is 794. The second kappa shape index (κ2) is 8.94. The first-order chi connectivity index (χ1) is 13.5. The Balaban J connectivity index is 1.75. The number of hydrogen-bond donors (Lipinski definition) is 3. The third-order valence-corrected chi connectivity index (χ3v) is 4.32. The van der Waals surface area contributed by atoms with E-state index in [0.29, 0.717) is 0 Å². The Morgan fingerprint density at radius 2 is 1.29 bits per heavy atom. The molecule has 0 spiro atoms. The average molecular weight is 388 g/mol. The van der Waals surface area contributed by atoms with Gasteiger partial charge in [-0.3, -0.25) is 0 Å². The number of aliphatic hydroxyl groups excluding tert-OH is 3. The number of carbonyl (C=O) groups excluding carboxylic acids is 2. The van der Waals surface area contributed by atoms with Crippen molar-refractivity contribution in [3.63, 3.8) is 0 Å². The zero-order valence-electron chi connectivity index (χ0n) is 14.8. The van der Waals surface area contributed by atoms with Crippen LogP contribution >= 0.6 is 0 Å². The average Bonchev–Trinajstić information content (AvgIpc) is 2.73. The van der Waals surface area contributed by atoms with Gasteiger partial charge in [0, 0.05) is 0 Å². The van der Waals surface area contributed by atoms with Gasteiger partial charge in [0.1, 0.15) is 12.2 Å². The minimum atomic E-state index is -1.70. The van der Waals surface area contributed by atoms with Crippen LogP contribution in [0.25, 0.3) is 0 Å². The van der Waals surface area contributed by atoms with Gasteiger partial charge < -0.3 is 29.5 Å². The molecule has 148 valence electrons. The molecule has 8 heteroatoms. The zero-order valence-corrected chi connectivity index (χ0v) is 14.8. The lowest BCUT2D eigenvalue weighted by Gasteiger charge is -2.41. The molecule has 1 saturated heterocycles. The molecule has 1 aliphatic heterocycles. The van der Waals surface area contributed by atoms with Crippen LogP contribution in [0.5, 0.6) is 0 Å². The van der Waals surface area contributed by atoms with Crippen LogP contribution in [-0.4, -0.2) is 64.6 Å². The van der Waals surface area contributed by atoms with Gasteiger partial charge in [-0.1, -0.05) is 36.4 Å². The number of hydrogen-bond acceptors (Lipinski definition) is 8. The predicted octanol–water partition coefficient (Wildman–Crippen LogP) is 0.508. The van der Waals surface area contributed by atoms with Gasteiger partial charge in [-0.25, -0.2) is 9.59 Å². The fourth-order valence-corrected chi connectivity index (χ4v) is 2.86. The summed E-state index contributed by atoms with van der Waals surface area (Å²) in [4.78, 5) is 24.6. The highest BCUT2D eigenvalue weighted by Crippen LogP contribution is 2.26. The maximum Gasteiger partial charge on any atom is 0.338 e. The Kier molecular flexibility index (Phi) is 6.37. The molecule has 3 N–H and O–H groups in total. The minimum Gasteiger partial charge on any atom is -0.453 e. The van der Waals surface area contributed by atoms with E-state index in [1.165, 1.54) is 24.3 Å². The second-order valence-corrected chi connectivity index (χ2v) is 6.21. The molecule has 0 bridgehead atoms. The van der Waals surface area contributed by atoms with E-state index in [-0.39, 0.29) is 11.1 Å². The first-order valence-corrected chi connectivity index (χ1v) is 8.65. The fourth-order valence-electron chi connectivity index (χ4n) is 2.86. The smallest absolute Gasteiger partial charge is 0.338 e. The Labute approximate surface area is 160 Å². The summed E-state index contributed by atoms with van der Waals surface area (Å²) in [6.45, 7) is -0.625. The lowest BCUT2D eigenvalue weighted by Crippen LogP contribution is -2.61. The van der Waals surface area contributed by atoms with Crippen LogP contribution in [0.2, 0.25) is 0 Å². The van der Waals surface area contributed by atoms with Crippen molar-refractivity contribution in [3.8, 4) is 0 Å². The lowest BCUT2D eigenvalue weighted by atomic mass is 9.98. The number of esters is 2. The highest BCUT2D eigenvalue weighted by atomic mass is 16.7. The van der Waals surface area contributed by atoms with E-state index in [2.05, 4.69) is 0 Å². The molecule has 2 aromatic rings. The van der Waals surface area contributed by atoms with Crippen LogP contribution in [0.4, 0.5) is 0 Å². The van der Waals surface area contributed by atoms with Crippen molar-refractivity contribution in [1.29, 1.82) is 0 Å². The van der Waals surface area contributed by atoms with Crippen molar-refractivity contribution >= 4 is 11.9 Å². The summed E-state index contributed by atoms with van der Waals surface area (Å²) < 4.78 is 15.7. The summed E-state index contributed by atoms with van der Waals surface area (Å²) in [5.41, 5.74) is 0.444. The molecule has 1 heterocycles. The summed E-state index contributed by atoms with van der Waals surface area (Å²) >= 11 is 0. The van der Waals surface area contributed by atoms with E-state index >= 15 is 0 Å². The van der Waals surface area contributed by atoms with Gasteiger partial charge in [-0.2, -0.15) is 0 Å². The SMILES string of the molecule is O=C(O[C@@H]1[C@@H](O)[C@@H](OC(=O)c2ccccc2)[C@@H](CO)O[C@H]1O)c1ccccc1. The van der Waals surface area contributed by atoms with E-state index in [4.69, 9.17) is 14.2 Å². The number of rotatable bonds is 5. The van der Waals surface area contributed by atoms with E-state index in [9.17, 15) is 24.9 Å². The standard InChI is InChI=1S/C20H20O8/c21-11-14-16(27-18(23)12-7-3-1-4-8-12)15(22)17(20(25)26-14)28-19(24)13-9-5-2-6-10-13/h1-10,14-17,20-22,25H,11H2/t14-,15+,16+,17-,20-/m1/s1. The molecule has 28 heavy (non-hydrogen) atoms. The van der Waals surface area contributed by atoms with Crippen molar-refractivity contribution in [3.05, 3.63) is 71.8 Å². The molecule has 0 radical (unpaired) electrons. The van der Waals surface area contributed by atoms with Gasteiger partial charge in [0.15, 0.2) is 18.5 Å². The van der Waals surface area contributed by atoms with Crippen LogP contribution in [0.15, 0.2) is 60.7 Å². The number of ether oxygens (including phenoxy) is 3. The highest BCUT2D eigenvalue weighted by molar-refractivity contribution is 5.90. The van der Waals surface area contributed by atoms with Crippen LogP contribution in [-0.2, 0) is 14.2 Å². The quantitative estimate of drug-likeness (QED) is 0.633. The third kappa shape index (κ3) is 4.37. The summed E-state index contributed by atoms with van der Waals surface area (Å²) in [7, 11) is 0. The first kappa shape index (κ1) is 20.0. The van der Waals surface area contributed by atoms with E-state index in [1.807, 2.05) is 0 Å². The second-order valence-electron chi connectivity index (χ2n) is 6.21. The van der Waals surface area contributed by atoms with Crippen molar-refractivity contribution in [2.45, 2.75) is 30.7 Å². The van der Waals surface area contributed by atoms with Crippen molar-refractivity contribution in [2.75, 3.05) is 6.61 Å². The molecular formula is C20H20O8. The summed E-state index contributed by atoms with van der Waals surface area (Å²) in [5, 5.41) is 30.2. The van der Waals surface area contributed by atoms with Crippen molar-refractivity contribution in [2.24, 2.45) is 0 Å². The summed E-state index contributed by atoms with van der Waals surface area (Å²) in [6.07, 6.45) is -7.36. The molecule has 0 unspecified atom stereocenters. The molecule has 0 amide bonds. The van der Waals surface area contributed by atoms with Gasteiger partial charge in [0.05, 0.1) is 17.7 Å². The van der Waals surface area contributed by atoms with Crippen LogP contribution in [0.3, 0.4) is 0 Å². The Morgan fingerprint density at radius 3 is 1.75 bits per heavy atom. The van der Waals surface area contributed by atoms with Gasteiger partial charge in [-0.05, 0) is 24.3 Å². The fraction of sp³-hybridized carbons (Fsp3) is 0.300. The largest absolute Gasteiger partial charge is 0.453 e. The maximum atomic E-state index is 12.3. The maximum absolute atomic E-state index is 12.3. The van der Waals surface area contributed by atoms with Crippen LogP contribution in [0.1, 0.15) is 20.7 Å². The molecule has 2 aromatic carbocycles. The molecule has 0 aromatic heterocycles. The molecule has 1 fully saturated rings. The monoisotopic (exact) mass is 388 g/mol. The Hall–Kier alpha value is -2.78. The first-order valence-electron chi connectivity index (χ1n) is 8.65. The van der Waals surface area contributed by atoms with E-state index < -0.39 is 49.3 Å². The van der Waals surface area contributed by atoms with Crippen LogP contribution < -0.4 is 0 Å². The van der Waals surface area contributed by atoms with Gasteiger partial charge >= 0.3 is 11.9 Å². The lowest BCUT2D eigenvalue weighted by molar-refractivity contribution is -0.285. The molecule has 8 nitrogen and oxygen atoms in total.